The lowest BCUT2D eigenvalue weighted by molar-refractivity contribution is -0.132. The molecule has 0 bridgehead atoms. The summed E-state index contributed by atoms with van der Waals surface area (Å²) in [6.45, 7) is 3.43. The summed E-state index contributed by atoms with van der Waals surface area (Å²) in [6.07, 6.45) is 5.39. The Balaban J connectivity index is 1.27. The smallest absolute Gasteiger partial charge is 0.222 e. The average molecular weight is 484 g/mol. The molecule has 1 saturated heterocycles. The van der Waals surface area contributed by atoms with Gasteiger partial charge in [-0.25, -0.2) is 4.98 Å². The molecule has 0 atom stereocenters. The number of pyridine rings is 1. The fraction of sp³-hybridized carbons (Fsp3) is 0.259. The van der Waals surface area contributed by atoms with Crippen LogP contribution < -0.4 is 10.2 Å². The zero-order valence-electron chi connectivity index (χ0n) is 20.2. The standard InChI is InChI=1S/C27H29N7O2/c1-32-13-15-33(16-14-32)26(36)11-6-20-4-9-23(10-5-20)34(19-35)25-3-2-12-28-27(25)30-22-8-7-21-18-29-31-24(21)17-22/h2-5,7-10,12,17-19H,6,11,13-16H2,1H3,(H,28,30)(H,29,31). The summed E-state index contributed by atoms with van der Waals surface area (Å²) >= 11 is 0. The van der Waals surface area contributed by atoms with E-state index in [0.717, 1.165) is 60.4 Å². The molecule has 36 heavy (non-hydrogen) atoms. The number of amides is 2. The molecule has 0 unspecified atom stereocenters. The van der Waals surface area contributed by atoms with Crippen LogP contribution >= 0.6 is 0 Å². The normalized spacial score (nSPS) is 14.1. The lowest BCUT2D eigenvalue weighted by atomic mass is 10.1. The molecule has 0 radical (unpaired) electrons. The number of hydrogen-bond donors (Lipinski definition) is 2. The quantitative estimate of drug-likeness (QED) is 0.371. The number of aromatic amines is 1. The molecule has 2 amide bonds. The summed E-state index contributed by atoms with van der Waals surface area (Å²) in [4.78, 5) is 34.9. The molecule has 0 spiro atoms. The zero-order valence-corrected chi connectivity index (χ0v) is 20.2. The Morgan fingerprint density at radius 3 is 2.69 bits per heavy atom. The number of aryl methyl sites for hydroxylation is 1. The average Bonchev–Trinajstić information content (AvgIpc) is 3.38. The van der Waals surface area contributed by atoms with Crippen molar-refractivity contribution in [1.29, 1.82) is 0 Å². The third-order valence-electron chi connectivity index (χ3n) is 6.55. The number of likely N-dealkylation sites (N-methyl/N-ethyl adjacent to an activating group) is 1. The van der Waals surface area contributed by atoms with Crippen molar-refractivity contribution in [2.24, 2.45) is 0 Å². The zero-order chi connectivity index (χ0) is 24.9. The molecular formula is C27H29N7O2. The molecule has 9 nitrogen and oxygen atoms in total. The Labute approximate surface area is 209 Å². The highest BCUT2D eigenvalue weighted by atomic mass is 16.2. The molecule has 2 N–H and O–H groups in total. The number of rotatable bonds is 8. The molecular weight excluding hydrogens is 454 g/mol. The van der Waals surface area contributed by atoms with Gasteiger partial charge in [0.1, 0.15) is 0 Å². The van der Waals surface area contributed by atoms with Gasteiger partial charge in [-0.3, -0.25) is 19.6 Å². The molecule has 5 rings (SSSR count). The van der Waals surface area contributed by atoms with Gasteiger partial charge >= 0.3 is 0 Å². The highest BCUT2D eigenvalue weighted by molar-refractivity contribution is 5.92. The maximum Gasteiger partial charge on any atom is 0.222 e. The Hall–Kier alpha value is -4.24. The first kappa shape index (κ1) is 23.5. The van der Waals surface area contributed by atoms with Gasteiger partial charge in [0.2, 0.25) is 12.3 Å². The Morgan fingerprint density at radius 2 is 1.92 bits per heavy atom. The summed E-state index contributed by atoms with van der Waals surface area (Å²) in [6, 6.07) is 17.2. The second-order valence-corrected chi connectivity index (χ2v) is 8.99. The fourth-order valence-electron chi connectivity index (χ4n) is 4.38. The third-order valence-corrected chi connectivity index (χ3v) is 6.55. The van der Waals surface area contributed by atoms with E-state index in [-0.39, 0.29) is 5.91 Å². The van der Waals surface area contributed by atoms with Gasteiger partial charge < -0.3 is 15.1 Å². The Bertz CT molecular complexity index is 1340. The number of fused-ring (bicyclic) bond motifs is 1. The number of nitrogens with one attached hydrogen (secondary N) is 2. The molecule has 4 aromatic rings. The van der Waals surface area contributed by atoms with Gasteiger partial charge in [0.05, 0.1) is 17.4 Å². The first-order valence-electron chi connectivity index (χ1n) is 12.1. The van der Waals surface area contributed by atoms with Gasteiger partial charge in [-0.05, 0) is 61.5 Å². The number of anilines is 4. The molecule has 184 valence electrons. The lowest BCUT2D eigenvalue weighted by Gasteiger charge is -2.32. The van der Waals surface area contributed by atoms with E-state index in [2.05, 4.69) is 32.4 Å². The van der Waals surface area contributed by atoms with Gasteiger partial charge in [-0.2, -0.15) is 5.10 Å². The van der Waals surface area contributed by atoms with E-state index in [1.165, 1.54) is 0 Å². The van der Waals surface area contributed by atoms with Gasteiger partial charge in [0, 0.05) is 55.6 Å². The fourth-order valence-corrected chi connectivity index (χ4v) is 4.38. The number of piperazine rings is 1. The first-order chi connectivity index (χ1) is 17.6. The van der Waals surface area contributed by atoms with E-state index < -0.39 is 0 Å². The van der Waals surface area contributed by atoms with E-state index >= 15 is 0 Å². The topological polar surface area (TPSA) is 97.5 Å². The van der Waals surface area contributed by atoms with Crippen molar-refractivity contribution in [3.63, 3.8) is 0 Å². The molecule has 1 aliphatic heterocycles. The Morgan fingerprint density at radius 1 is 1.11 bits per heavy atom. The molecule has 1 aliphatic rings. The second kappa shape index (κ2) is 10.6. The number of H-pyrrole nitrogens is 1. The van der Waals surface area contributed by atoms with Crippen molar-refractivity contribution in [3.05, 3.63) is 72.6 Å². The largest absolute Gasteiger partial charge is 0.340 e. The number of hydrogen-bond acceptors (Lipinski definition) is 6. The summed E-state index contributed by atoms with van der Waals surface area (Å²) in [5.41, 5.74) is 4.16. The highest BCUT2D eigenvalue weighted by Gasteiger charge is 2.19. The van der Waals surface area contributed by atoms with Crippen molar-refractivity contribution >= 4 is 46.1 Å². The molecule has 2 aromatic heterocycles. The van der Waals surface area contributed by atoms with Crippen LogP contribution in [-0.2, 0) is 16.0 Å². The number of nitrogens with zero attached hydrogens (tertiary/aromatic N) is 5. The number of aromatic nitrogens is 3. The molecule has 0 aliphatic carbocycles. The van der Waals surface area contributed by atoms with E-state index in [9.17, 15) is 9.59 Å². The monoisotopic (exact) mass is 483 g/mol. The number of carbonyl (C=O) groups excluding carboxylic acids is 2. The van der Waals surface area contributed by atoms with Crippen LogP contribution in [0.2, 0.25) is 0 Å². The van der Waals surface area contributed by atoms with E-state index in [0.29, 0.717) is 24.3 Å². The van der Waals surface area contributed by atoms with Crippen LogP contribution in [0.5, 0.6) is 0 Å². The van der Waals surface area contributed by atoms with Gasteiger partial charge in [-0.15, -0.1) is 0 Å². The van der Waals surface area contributed by atoms with Gasteiger partial charge in [0.25, 0.3) is 0 Å². The second-order valence-electron chi connectivity index (χ2n) is 8.99. The van der Waals surface area contributed by atoms with Gasteiger partial charge in [0.15, 0.2) is 5.82 Å². The minimum absolute atomic E-state index is 0.195. The van der Waals surface area contributed by atoms with Crippen molar-refractivity contribution in [3.8, 4) is 0 Å². The molecule has 0 saturated carbocycles. The van der Waals surface area contributed by atoms with Crippen LogP contribution in [-0.4, -0.2) is 70.5 Å². The van der Waals surface area contributed by atoms with E-state index in [4.69, 9.17) is 0 Å². The number of benzene rings is 2. The van der Waals surface area contributed by atoms with Crippen LogP contribution in [0.15, 0.2) is 67.0 Å². The minimum atomic E-state index is 0.195. The van der Waals surface area contributed by atoms with Crippen LogP contribution in [0, 0.1) is 0 Å². The first-order valence-corrected chi connectivity index (χ1v) is 12.1. The summed E-state index contributed by atoms with van der Waals surface area (Å²) in [7, 11) is 2.08. The van der Waals surface area contributed by atoms with Crippen LogP contribution in [0.25, 0.3) is 10.9 Å². The maximum absolute atomic E-state index is 12.6. The summed E-state index contributed by atoms with van der Waals surface area (Å²) in [5, 5.41) is 11.3. The van der Waals surface area contributed by atoms with Gasteiger partial charge in [-0.1, -0.05) is 12.1 Å². The predicted molar refractivity (Wildman–Crippen MR) is 141 cm³/mol. The third kappa shape index (κ3) is 5.21. The van der Waals surface area contributed by atoms with Crippen molar-refractivity contribution in [2.45, 2.75) is 12.8 Å². The van der Waals surface area contributed by atoms with Crippen molar-refractivity contribution in [1.82, 2.24) is 25.0 Å². The molecule has 9 heteroatoms. The van der Waals surface area contributed by atoms with Crippen molar-refractivity contribution < 1.29 is 9.59 Å². The molecule has 3 heterocycles. The SMILES string of the molecule is CN1CCN(C(=O)CCc2ccc(N(C=O)c3cccnc3Nc3ccc4cn[nH]c4c3)cc2)CC1. The Kier molecular flexibility index (Phi) is 6.90. The van der Waals surface area contributed by atoms with E-state index in [1.807, 2.05) is 53.4 Å². The van der Waals surface area contributed by atoms with E-state index in [1.54, 1.807) is 23.4 Å². The van der Waals surface area contributed by atoms with Crippen LogP contribution in [0.4, 0.5) is 22.9 Å². The maximum atomic E-state index is 12.6. The predicted octanol–water partition coefficient (Wildman–Crippen LogP) is 3.70. The van der Waals surface area contributed by atoms with Crippen LogP contribution in [0.1, 0.15) is 12.0 Å². The number of carbonyl (C=O) groups is 2. The van der Waals surface area contributed by atoms with Crippen LogP contribution in [0.3, 0.4) is 0 Å². The lowest BCUT2D eigenvalue weighted by Crippen LogP contribution is -2.47. The summed E-state index contributed by atoms with van der Waals surface area (Å²) in [5.74, 6) is 0.756. The van der Waals surface area contributed by atoms with Crippen molar-refractivity contribution in [2.75, 3.05) is 43.4 Å². The minimum Gasteiger partial charge on any atom is -0.340 e. The molecule has 2 aromatic carbocycles. The highest BCUT2D eigenvalue weighted by Crippen LogP contribution is 2.32. The summed E-state index contributed by atoms with van der Waals surface area (Å²) < 4.78 is 0. The molecule has 1 fully saturated rings.